The van der Waals surface area contributed by atoms with Gasteiger partial charge in [-0.1, -0.05) is 13.8 Å². The summed E-state index contributed by atoms with van der Waals surface area (Å²) in [6.45, 7) is 4.68. The average molecular weight is 133 g/mol. The van der Waals surface area contributed by atoms with Crippen LogP contribution >= 0.6 is 0 Å². The zero-order valence-corrected chi connectivity index (χ0v) is 6.05. The first-order valence-corrected chi connectivity index (χ1v) is 3.05. The first kappa shape index (κ1) is 8.88. The molecule has 0 aromatic carbocycles. The second-order valence-electron chi connectivity index (χ2n) is 2.95. The lowest BCUT2D eigenvalue weighted by Gasteiger charge is -2.20. The van der Waals surface area contributed by atoms with Crippen LogP contribution in [0.2, 0.25) is 0 Å². The van der Waals surface area contributed by atoms with E-state index < -0.39 is 0 Å². The molecule has 0 aliphatic rings. The summed E-state index contributed by atoms with van der Waals surface area (Å²) in [6, 6.07) is 0. The summed E-state index contributed by atoms with van der Waals surface area (Å²) in [6.07, 6.45) is 0.726. The Morgan fingerprint density at radius 2 is 2.11 bits per heavy atom. The molecule has 0 unspecified atom stereocenters. The standard InChI is InChI=1S/C6H15NO2/c1-6(2,3-4-8)5-9-7/h8H,3-5,7H2,1-2H3. The first-order valence-electron chi connectivity index (χ1n) is 3.05. The Bertz CT molecular complexity index is 65.5. The second-order valence-corrected chi connectivity index (χ2v) is 2.95. The minimum atomic E-state index is 0.00347. The van der Waals surface area contributed by atoms with Crippen molar-refractivity contribution in [2.45, 2.75) is 20.3 Å². The van der Waals surface area contributed by atoms with Gasteiger partial charge in [-0.05, 0) is 11.8 Å². The zero-order valence-electron chi connectivity index (χ0n) is 6.05. The molecule has 0 heterocycles. The summed E-state index contributed by atoms with van der Waals surface area (Å²) in [7, 11) is 0. The van der Waals surface area contributed by atoms with Gasteiger partial charge in [-0.3, -0.25) is 0 Å². The summed E-state index contributed by atoms with van der Waals surface area (Å²) < 4.78 is 0. The van der Waals surface area contributed by atoms with Crippen molar-refractivity contribution in [1.82, 2.24) is 0 Å². The Hall–Kier alpha value is -0.120. The van der Waals surface area contributed by atoms with E-state index in [1.54, 1.807) is 0 Å². The zero-order chi connectivity index (χ0) is 7.33. The Morgan fingerprint density at radius 1 is 1.56 bits per heavy atom. The highest BCUT2D eigenvalue weighted by Gasteiger charge is 2.16. The van der Waals surface area contributed by atoms with Crippen molar-refractivity contribution < 1.29 is 9.94 Å². The second kappa shape index (κ2) is 3.82. The predicted molar refractivity (Wildman–Crippen MR) is 35.6 cm³/mol. The van der Waals surface area contributed by atoms with Crippen LogP contribution in [0, 0.1) is 5.41 Å². The van der Waals surface area contributed by atoms with E-state index >= 15 is 0 Å². The number of rotatable bonds is 4. The summed E-state index contributed by atoms with van der Waals surface area (Å²) >= 11 is 0. The molecule has 0 aromatic heterocycles. The van der Waals surface area contributed by atoms with Crippen LogP contribution < -0.4 is 5.90 Å². The van der Waals surface area contributed by atoms with E-state index in [1.807, 2.05) is 13.8 Å². The van der Waals surface area contributed by atoms with Crippen molar-refractivity contribution in [3.05, 3.63) is 0 Å². The quantitative estimate of drug-likeness (QED) is 0.542. The molecule has 0 aliphatic carbocycles. The van der Waals surface area contributed by atoms with Gasteiger partial charge in [-0.25, -0.2) is 5.90 Å². The molecule has 0 rings (SSSR count). The van der Waals surface area contributed by atoms with Crippen molar-refractivity contribution in [1.29, 1.82) is 0 Å². The van der Waals surface area contributed by atoms with Gasteiger partial charge in [0.25, 0.3) is 0 Å². The van der Waals surface area contributed by atoms with Crippen molar-refractivity contribution >= 4 is 0 Å². The van der Waals surface area contributed by atoms with Crippen molar-refractivity contribution in [2.75, 3.05) is 13.2 Å². The fourth-order valence-electron chi connectivity index (χ4n) is 0.600. The van der Waals surface area contributed by atoms with Crippen LogP contribution in [0.3, 0.4) is 0 Å². The van der Waals surface area contributed by atoms with Crippen LogP contribution in [0.1, 0.15) is 20.3 Å². The molecule has 3 nitrogen and oxygen atoms in total. The lowest BCUT2D eigenvalue weighted by molar-refractivity contribution is 0.0481. The lowest BCUT2D eigenvalue weighted by Crippen LogP contribution is -2.22. The molecule has 56 valence electrons. The van der Waals surface area contributed by atoms with Crippen molar-refractivity contribution in [3.63, 3.8) is 0 Å². The maximum Gasteiger partial charge on any atom is 0.0731 e. The molecule has 0 aliphatic heterocycles. The number of nitrogens with two attached hydrogens (primary N) is 1. The summed E-state index contributed by atoms with van der Waals surface area (Å²) in [5.74, 6) is 4.86. The third-order valence-electron chi connectivity index (χ3n) is 1.26. The Morgan fingerprint density at radius 3 is 2.44 bits per heavy atom. The summed E-state index contributed by atoms with van der Waals surface area (Å²) in [5.41, 5.74) is 0.00347. The third-order valence-corrected chi connectivity index (χ3v) is 1.26. The van der Waals surface area contributed by atoms with Crippen LogP contribution in [0.25, 0.3) is 0 Å². The molecule has 0 bridgehead atoms. The minimum Gasteiger partial charge on any atom is -0.396 e. The molecular weight excluding hydrogens is 118 g/mol. The van der Waals surface area contributed by atoms with Crippen LogP contribution in [0.5, 0.6) is 0 Å². The van der Waals surface area contributed by atoms with Gasteiger partial charge in [-0.2, -0.15) is 0 Å². The molecule has 0 fully saturated rings. The van der Waals surface area contributed by atoms with Crippen molar-refractivity contribution in [2.24, 2.45) is 11.3 Å². The number of aliphatic hydroxyl groups excluding tert-OH is 1. The molecule has 3 N–H and O–H groups in total. The first-order chi connectivity index (χ1) is 4.12. The molecular formula is C6H15NO2. The topological polar surface area (TPSA) is 55.5 Å². The van der Waals surface area contributed by atoms with Gasteiger partial charge in [0, 0.05) is 6.61 Å². The van der Waals surface area contributed by atoms with E-state index in [9.17, 15) is 0 Å². The number of hydrogen-bond donors (Lipinski definition) is 2. The maximum atomic E-state index is 8.53. The molecule has 3 heteroatoms. The molecule has 0 atom stereocenters. The van der Waals surface area contributed by atoms with Gasteiger partial charge in [0.2, 0.25) is 0 Å². The van der Waals surface area contributed by atoms with Crippen LogP contribution in [-0.4, -0.2) is 18.3 Å². The van der Waals surface area contributed by atoms with E-state index in [1.165, 1.54) is 0 Å². The smallest absolute Gasteiger partial charge is 0.0731 e. The fourth-order valence-corrected chi connectivity index (χ4v) is 0.600. The Balaban J connectivity index is 3.43. The Kier molecular flexibility index (Phi) is 3.77. The largest absolute Gasteiger partial charge is 0.396 e. The summed E-state index contributed by atoms with van der Waals surface area (Å²) in [5, 5.41) is 8.53. The number of aliphatic hydroxyl groups is 1. The van der Waals surface area contributed by atoms with E-state index in [4.69, 9.17) is 11.0 Å². The molecule has 0 amide bonds. The molecule has 0 saturated heterocycles. The van der Waals surface area contributed by atoms with Gasteiger partial charge < -0.3 is 9.94 Å². The van der Waals surface area contributed by atoms with E-state index in [0.717, 1.165) is 6.42 Å². The van der Waals surface area contributed by atoms with E-state index in [2.05, 4.69) is 4.84 Å². The van der Waals surface area contributed by atoms with Crippen LogP contribution in [0.15, 0.2) is 0 Å². The highest BCUT2D eigenvalue weighted by molar-refractivity contribution is 4.65. The minimum absolute atomic E-state index is 0.00347. The van der Waals surface area contributed by atoms with Gasteiger partial charge in [-0.15, -0.1) is 0 Å². The van der Waals surface area contributed by atoms with Gasteiger partial charge in [0.05, 0.1) is 6.61 Å². The van der Waals surface area contributed by atoms with Gasteiger partial charge in [0.1, 0.15) is 0 Å². The molecule has 0 aromatic rings. The lowest BCUT2D eigenvalue weighted by atomic mass is 9.91. The molecule has 9 heavy (non-hydrogen) atoms. The SMILES string of the molecule is CC(C)(CCO)CON. The fraction of sp³-hybridized carbons (Fsp3) is 1.00. The van der Waals surface area contributed by atoms with Crippen LogP contribution in [-0.2, 0) is 4.84 Å². The van der Waals surface area contributed by atoms with Gasteiger partial charge in [0.15, 0.2) is 0 Å². The Labute approximate surface area is 55.8 Å². The average Bonchev–Trinajstić information content (AvgIpc) is 1.64. The molecule has 0 spiro atoms. The molecule has 0 radical (unpaired) electrons. The van der Waals surface area contributed by atoms with E-state index in [-0.39, 0.29) is 12.0 Å². The normalized spacial score (nSPS) is 12.0. The predicted octanol–water partition coefficient (Wildman–Crippen LogP) is 0.285. The van der Waals surface area contributed by atoms with Crippen molar-refractivity contribution in [3.8, 4) is 0 Å². The maximum absolute atomic E-state index is 8.53. The third kappa shape index (κ3) is 4.39. The highest BCUT2D eigenvalue weighted by Crippen LogP contribution is 2.18. The molecule has 0 saturated carbocycles. The van der Waals surface area contributed by atoms with Crippen LogP contribution in [0.4, 0.5) is 0 Å². The number of hydrogen-bond acceptors (Lipinski definition) is 3. The highest BCUT2D eigenvalue weighted by atomic mass is 16.6. The monoisotopic (exact) mass is 133 g/mol. The van der Waals surface area contributed by atoms with E-state index in [0.29, 0.717) is 6.61 Å². The van der Waals surface area contributed by atoms with Gasteiger partial charge >= 0.3 is 0 Å². The summed E-state index contributed by atoms with van der Waals surface area (Å²) in [4.78, 5) is 4.45.